The van der Waals surface area contributed by atoms with Crippen LogP contribution in [0.4, 0.5) is 0 Å². The Kier molecular flexibility index (Phi) is 13.0. The summed E-state index contributed by atoms with van der Waals surface area (Å²) in [6, 6.07) is 19.7. The van der Waals surface area contributed by atoms with E-state index in [9.17, 15) is 16.8 Å². The Labute approximate surface area is 234 Å². The zero-order chi connectivity index (χ0) is 24.6. The van der Waals surface area contributed by atoms with Gasteiger partial charge in [0.1, 0.15) is 11.5 Å². The standard InChI is InChI=1S/C11H8ClNO3S.C11H8ClNO2S2.2ClH/c2*12-17(14,15)11-3-1-9(2-4-11)16-10-5-7-13-8-6-10;;/h2*1-8H;2*1H. The maximum Gasteiger partial charge on any atom is 0.261 e. The van der Waals surface area contributed by atoms with Crippen molar-refractivity contribution in [3.63, 3.8) is 0 Å². The fraction of sp³-hybridized carbons (Fsp3) is 0. The van der Waals surface area contributed by atoms with Crippen LogP contribution < -0.4 is 39.5 Å². The van der Waals surface area contributed by atoms with Crippen LogP contribution in [0.3, 0.4) is 0 Å². The second-order valence-electron chi connectivity index (χ2n) is 6.49. The summed E-state index contributed by atoms with van der Waals surface area (Å²) >= 11 is 1.55. The van der Waals surface area contributed by atoms with E-state index in [2.05, 4.69) is 9.97 Å². The van der Waals surface area contributed by atoms with Crippen LogP contribution in [-0.2, 0) is 18.1 Å². The zero-order valence-corrected chi connectivity index (χ0v) is 23.5. The van der Waals surface area contributed by atoms with Crippen LogP contribution in [0, 0.1) is 0 Å². The van der Waals surface area contributed by atoms with Crippen LogP contribution >= 0.6 is 33.1 Å². The molecule has 7 nitrogen and oxygen atoms in total. The third-order valence-corrected chi connectivity index (χ3v) is 7.81. The van der Waals surface area contributed by atoms with Crippen molar-refractivity contribution < 1.29 is 56.4 Å². The number of aromatic nitrogens is 2. The van der Waals surface area contributed by atoms with Gasteiger partial charge in [-0.2, -0.15) is 0 Å². The molecule has 2 N–H and O–H groups in total. The summed E-state index contributed by atoms with van der Waals surface area (Å²) in [6.07, 6.45) is 7.12. The molecule has 0 atom stereocenters. The SMILES string of the molecule is O=S(=O)(Cl)c1ccc(Oc2cc[nH+]cc2)cc1.O=S(=O)(Cl)c1ccc(Sc2cc[nH+]cc2)cc1.[Cl-].[Cl-]. The Morgan fingerprint density at radius 3 is 1.36 bits per heavy atom. The Bertz CT molecular complexity index is 1310. The van der Waals surface area contributed by atoms with Gasteiger partial charge in [0.25, 0.3) is 18.1 Å². The van der Waals surface area contributed by atoms with E-state index in [0.717, 1.165) is 9.79 Å². The first-order chi connectivity index (χ1) is 16.1. The van der Waals surface area contributed by atoms with Crippen molar-refractivity contribution in [2.75, 3.05) is 0 Å². The molecule has 0 aliphatic carbocycles. The lowest BCUT2D eigenvalue weighted by Gasteiger charge is -2.04. The number of pyridine rings is 2. The summed E-state index contributed by atoms with van der Waals surface area (Å²) in [5.41, 5.74) is 0. The number of benzene rings is 2. The van der Waals surface area contributed by atoms with E-state index in [-0.39, 0.29) is 34.6 Å². The minimum absolute atomic E-state index is 0. The highest BCUT2D eigenvalue weighted by atomic mass is 35.7. The normalized spacial score (nSPS) is 10.6. The number of hydrogen-bond acceptors (Lipinski definition) is 6. The first kappa shape index (κ1) is 32.0. The summed E-state index contributed by atoms with van der Waals surface area (Å²) in [5, 5.41) is 0. The highest BCUT2D eigenvalue weighted by Gasteiger charge is 2.10. The molecule has 0 bridgehead atoms. The fourth-order valence-corrected chi connectivity index (χ4v) is 4.85. The lowest BCUT2D eigenvalue weighted by molar-refractivity contribution is -0.378. The van der Waals surface area contributed by atoms with Crippen LogP contribution in [0.2, 0.25) is 0 Å². The molecule has 0 unspecified atom stereocenters. The van der Waals surface area contributed by atoms with Crippen LogP contribution in [0.5, 0.6) is 11.5 Å². The predicted molar refractivity (Wildman–Crippen MR) is 129 cm³/mol. The molecule has 192 valence electrons. The van der Waals surface area contributed by atoms with Gasteiger partial charge in [0, 0.05) is 55.4 Å². The van der Waals surface area contributed by atoms with E-state index in [4.69, 9.17) is 26.1 Å². The largest absolute Gasteiger partial charge is 1.00 e. The number of ether oxygens (including phenoxy) is 1. The van der Waals surface area contributed by atoms with Gasteiger partial charge >= 0.3 is 0 Å². The van der Waals surface area contributed by atoms with Gasteiger partial charge < -0.3 is 29.6 Å². The second-order valence-corrected chi connectivity index (χ2v) is 12.8. The number of H-pyrrole nitrogens is 2. The molecule has 2 aromatic carbocycles. The summed E-state index contributed by atoms with van der Waals surface area (Å²) in [6.45, 7) is 0. The molecule has 2 aromatic heterocycles. The average molecular weight is 628 g/mol. The molecule has 4 aromatic rings. The van der Waals surface area contributed by atoms with Gasteiger partial charge in [-0.25, -0.2) is 26.8 Å². The van der Waals surface area contributed by atoms with Crippen LogP contribution in [0.25, 0.3) is 0 Å². The quantitative estimate of drug-likeness (QED) is 0.249. The van der Waals surface area contributed by atoms with Gasteiger partial charge in [0.2, 0.25) is 0 Å². The van der Waals surface area contributed by atoms with E-state index < -0.39 is 18.1 Å². The molecule has 0 aliphatic rings. The molecule has 2 heterocycles. The number of aromatic amines is 2. The van der Waals surface area contributed by atoms with Gasteiger partial charge in [-0.3, -0.25) is 0 Å². The topological polar surface area (TPSA) is 106 Å². The summed E-state index contributed by atoms with van der Waals surface area (Å²) in [4.78, 5) is 8.01. The molecular weight excluding hydrogens is 610 g/mol. The molecule has 36 heavy (non-hydrogen) atoms. The van der Waals surface area contributed by atoms with E-state index in [1.165, 1.54) is 24.3 Å². The number of halogens is 4. The Hall–Kier alpha value is -2.05. The molecule has 0 aliphatic heterocycles. The third kappa shape index (κ3) is 10.5. The first-order valence-corrected chi connectivity index (χ1v) is 14.9. The van der Waals surface area contributed by atoms with Crippen LogP contribution in [-0.4, -0.2) is 16.8 Å². The molecule has 0 spiro atoms. The lowest BCUT2D eigenvalue weighted by Crippen LogP contribution is -3.00. The summed E-state index contributed by atoms with van der Waals surface area (Å²) in [5.74, 6) is 1.20. The first-order valence-electron chi connectivity index (χ1n) is 9.49. The van der Waals surface area contributed by atoms with E-state index in [0.29, 0.717) is 11.5 Å². The smallest absolute Gasteiger partial charge is 0.261 e. The summed E-state index contributed by atoms with van der Waals surface area (Å²) in [7, 11) is 3.12. The molecule has 0 saturated heterocycles. The zero-order valence-electron chi connectivity index (χ0n) is 18.0. The van der Waals surface area contributed by atoms with Crippen molar-refractivity contribution in [3.05, 3.63) is 97.6 Å². The number of hydrogen-bond donors (Lipinski definition) is 0. The summed E-state index contributed by atoms with van der Waals surface area (Å²) < 4.78 is 49.6. The van der Waals surface area contributed by atoms with Crippen molar-refractivity contribution in [2.45, 2.75) is 19.6 Å². The third-order valence-electron chi connectivity index (χ3n) is 4.06. The molecule has 0 amide bonds. The van der Waals surface area contributed by atoms with Gasteiger partial charge in [0.15, 0.2) is 24.8 Å². The second kappa shape index (κ2) is 14.6. The van der Waals surface area contributed by atoms with Crippen molar-refractivity contribution >= 4 is 51.2 Å². The minimum Gasteiger partial charge on any atom is -1.00 e. The maximum atomic E-state index is 11.1. The van der Waals surface area contributed by atoms with Crippen molar-refractivity contribution in [1.29, 1.82) is 0 Å². The van der Waals surface area contributed by atoms with Crippen LogP contribution in [0.15, 0.2) is 117 Å². The van der Waals surface area contributed by atoms with Crippen molar-refractivity contribution in [2.24, 2.45) is 0 Å². The monoisotopic (exact) mass is 626 g/mol. The van der Waals surface area contributed by atoms with Gasteiger partial charge in [-0.05, 0) is 48.5 Å². The van der Waals surface area contributed by atoms with Gasteiger partial charge in [0.05, 0.1) is 9.79 Å². The lowest BCUT2D eigenvalue weighted by atomic mass is 10.3. The number of rotatable bonds is 6. The molecule has 0 fully saturated rings. The number of nitrogens with one attached hydrogen (secondary N) is 2. The predicted octanol–water partition coefficient (Wildman–Crippen LogP) is -1.19. The molecule has 4 rings (SSSR count). The van der Waals surface area contributed by atoms with Gasteiger partial charge in [-0.1, -0.05) is 11.8 Å². The maximum absolute atomic E-state index is 11.1. The molecular formula is C22H18Cl4N2O5S3. The van der Waals surface area contributed by atoms with Crippen molar-refractivity contribution in [3.8, 4) is 11.5 Å². The highest BCUT2D eigenvalue weighted by Crippen LogP contribution is 2.28. The fourth-order valence-electron chi connectivity index (χ4n) is 2.49. The molecule has 0 saturated carbocycles. The van der Waals surface area contributed by atoms with Gasteiger partial charge in [-0.15, -0.1) is 0 Å². The molecule has 0 radical (unpaired) electrons. The highest BCUT2D eigenvalue weighted by molar-refractivity contribution is 8.14. The van der Waals surface area contributed by atoms with Crippen molar-refractivity contribution in [1.82, 2.24) is 0 Å². The Morgan fingerprint density at radius 1 is 0.556 bits per heavy atom. The molecule has 14 heteroatoms. The average Bonchev–Trinajstić information content (AvgIpc) is 2.80. The van der Waals surface area contributed by atoms with E-state index >= 15 is 0 Å². The van der Waals surface area contributed by atoms with E-state index in [1.54, 1.807) is 60.6 Å². The van der Waals surface area contributed by atoms with E-state index in [1.807, 2.05) is 24.5 Å². The van der Waals surface area contributed by atoms with Crippen LogP contribution in [0.1, 0.15) is 0 Å². The Morgan fingerprint density at radius 2 is 0.917 bits per heavy atom. The minimum atomic E-state index is -3.68. The Balaban J connectivity index is 0.000000341.